The van der Waals surface area contributed by atoms with Gasteiger partial charge in [0.1, 0.15) is 18.0 Å². The molecule has 2 heterocycles. The SMILES string of the molecule is Cc1cc(Cn2nnc(CN(C)C(=O)c3ccccc3)n2)no1. The first-order valence-electron chi connectivity index (χ1n) is 7.11. The Morgan fingerprint density at radius 1 is 1.30 bits per heavy atom. The number of hydrogen-bond acceptors (Lipinski definition) is 6. The fourth-order valence-corrected chi connectivity index (χ4v) is 2.13. The van der Waals surface area contributed by atoms with Gasteiger partial charge in [0, 0.05) is 18.7 Å². The number of rotatable bonds is 5. The van der Waals surface area contributed by atoms with Gasteiger partial charge < -0.3 is 9.42 Å². The van der Waals surface area contributed by atoms with Gasteiger partial charge in [0.2, 0.25) is 0 Å². The Morgan fingerprint density at radius 3 is 2.78 bits per heavy atom. The minimum atomic E-state index is -0.0888. The maximum atomic E-state index is 12.3. The summed E-state index contributed by atoms with van der Waals surface area (Å²) >= 11 is 0. The highest BCUT2D eigenvalue weighted by Gasteiger charge is 2.14. The Balaban J connectivity index is 1.63. The van der Waals surface area contributed by atoms with Crippen molar-refractivity contribution in [1.29, 1.82) is 0 Å². The van der Waals surface area contributed by atoms with Crippen molar-refractivity contribution >= 4 is 5.91 Å². The van der Waals surface area contributed by atoms with Crippen molar-refractivity contribution in [2.75, 3.05) is 7.05 Å². The Labute approximate surface area is 132 Å². The molecule has 0 saturated carbocycles. The molecule has 0 aliphatic heterocycles. The van der Waals surface area contributed by atoms with Crippen LogP contribution in [0.2, 0.25) is 0 Å². The summed E-state index contributed by atoms with van der Waals surface area (Å²) in [6.45, 7) is 2.48. The molecule has 8 nitrogen and oxygen atoms in total. The van der Waals surface area contributed by atoms with Crippen LogP contribution in [-0.2, 0) is 13.1 Å². The largest absolute Gasteiger partial charge is 0.361 e. The maximum absolute atomic E-state index is 12.3. The van der Waals surface area contributed by atoms with Crippen LogP contribution in [0.4, 0.5) is 0 Å². The van der Waals surface area contributed by atoms with Gasteiger partial charge in [-0.25, -0.2) is 0 Å². The Hall–Kier alpha value is -3.03. The third kappa shape index (κ3) is 3.60. The lowest BCUT2D eigenvalue weighted by atomic mass is 10.2. The second-order valence-electron chi connectivity index (χ2n) is 5.19. The summed E-state index contributed by atoms with van der Waals surface area (Å²) in [6, 6.07) is 10.9. The van der Waals surface area contributed by atoms with Crippen LogP contribution in [0.5, 0.6) is 0 Å². The summed E-state index contributed by atoms with van der Waals surface area (Å²) in [4.78, 5) is 15.2. The van der Waals surface area contributed by atoms with Gasteiger partial charge in [-0.15, -0.1) is 10.2 Å². The van der Waals surface area contributed by atoms with Gasteiger partial charge in [-0.05, 0) is 24.3 Å². The van der Waals surface area contributed by atoms with Crippen molar-refractivity contribution in [1.82, 2.24) is 30.3 Å². The molecular weight excluding hydrogens is 296 g/mol. The number of aromatic nitrogens is 5. The molecular formula is C15H16N6O2. The van der Waals surface area contributed by atoms with E-state index in [-0.39, 0.29) is 12.5 Å². The van der Waals surface area contributed by atoms with Crippen LogP contribution in [0.1, 0.15) is 27.6 Å². The van der Waals surface area contributed by atoms with Gasteiger partial charge >= 0.3 is 0 Å². The van der Waals surface area contributed by atoms with Crippen LogP contribution < -0.4 is 0 Å². The van der Waals surface area contributed by atoms with E-state index < -0.39 is 0 Å². The van der Waals surface area contributed by atoms with Crippen molar-refractivity contribution in [3.05, 3.63) is 59.2 Å². The lowest BCUT2D eigenvalue weighted by Gasteiger charge is -2.14. The number of nitrogens with zero attached hydrogens (tertiary/aromatic N) is 6. The van der Waals surface area contributed by atoms with Gasteiger partial charge in [0.25, 0.3) is 5.91 Å². The van der Waals surface area contributed by atoms with E-state index in [9.17, 15) is 4.79 Å². The van der Waals surface area contributed by atoms with Crippen LogP contribution in [0.3, 0.4) is 0 Å². The summed E-state index contributed by atoms with van der Waals surface area (Å²) in [6.07, 6.45) is 0. The topological polar surface area (TPSA) is 89.9 Å². The van der Waals surface area contributed by atoms with Crippen molar-refractivity contribution in [3.8, 4) is 0 Å². The number of carbonyl (C=O) groups is 1. The smallest absolute Gasteiger partial charge is 0.254 e. The zero-order valence-corrected chi connectivity index (χ0v) is 12.9. The number of hydrogen-bond donors (Lipinski definition) is 0. The zero-order chi connectivity index (χ0) is 16.2. The van der Waals surface area contributed by atoms with E-state index in [4.69, 9.17) is 4.52 Å². The van der Waals surface area contributed by atoms with E-state index in [1.54, 1.807) is 24.1 Å². The summed E-state index contributed by atoms with van der Waals surface area (Å²) in [5.41, 5.74) is 1.35. The average molecular weight is 312 g/mol. The van der Waals surface area contributed by atoms with Gasteiger partial charge in [-0.3, -0.25) is 4.79 Å². The summed E-state index contributed by atoms with van der Waals surface area (Å²) in [5, 5.41) is 16.1. The number of amides is 1. The first kappa shape index (κ1) is 14.9. The lowest BCUT2D eigenvalue weighted by molar-refractivity contribution is 0.0781. The van der Waals surface area contributed by atoms with Gasteiger partial charge in [-0.1, -0.05) is 23.4 Å². The fraction of sp³-hybridized carbons (Fsp3) is 0.267. The molecule has 0 saturated heterocycles. The van der Waals surface area contributed by atoms with Crippen LogP contribution in [-0.4, -0.2) is 43.2 Å². The molecule has 118 valence electrons. The monoisotopic (exact) mass is 312 g/mol. The average Bonchev–Trinajstić information content (AvgIpc) is 3.17. The molecule has 0 bridgehead atoms. The first-order chi connectivity index (χ1) is 11.1. The number of carbonyl (C=O) groups excluding carboxylic acids is 1. The third-order valence-electron chi connectivity index (χ3n) is 3.22. The van der Waals surface area contributed by atoms with E-state index in [1.165, 1.54) is 4.80 Å². The quantitative estimate of drug-likeness (QED) is 0.705. The van der Waals surface area contributed by atoms with E-state index in [0.717, 1.165) is 11.5 Å². The highest BCUT2D eigenvalue weighted by molar-refractivity contribution is 5.93. The molecule has 1 amide bonds. The fourth-order valence-electron chi connectivity index (χ4n) is 2.13. The van der Waals surface area contributed by atoms with E-state index >= 15 is 0 Å². The highest BCUT2D eigenvalue weighted by Crippen LogP contribution is 2.06. The minimum absolute atomic E-state index is 0.0888. The second-order valence-corrected chi connectivity index (χ2v) is 5.19. The highest BCUT2D eigenvalue weighted by atomic mass is 16.5. The molecule has 0 radical (unpaired) electrons. The molecule has 0 aliphatic rings. The third-order valence-corrected chi connectivity index (χ3v) is 3.22. The van der Waals surface area contributed by atoms with Crippen LogP contribution in [0.15, 0.2) is 40.9 Å². The predicted octanol–water partition coefficient (Wildman–Crippen LogP) is 1.29. The molecule has 0 spiro atoms. The summed E-state index contributed by atoms with van der Waals surface area (Å²) < 4.78 is 5.00. The maximum Gasteiger partial charge on any atom is 0.254 e. The molecule has 0 atom stereocenters. The normalized spacial score (nSPS) is 10.7. The van der Waals surface area contributed by atoms with Gasteiger partial charge in [-0.2, -0.15) is 4.80 Å². The molecule has 0 aliphatic carbocycles. The number of aryl methyl sites for hydroxylation is 1. The number of tetrazole rings is 1. The van der Waals surface area contributed by atoms with Crippen molar-refractivity contribution in [3.63, 3.8) is 0 Å². The molecule has 0 N–H and O–H groups in total. The zero-order valence-electron chi connectivity index (χ0n) is 12.9. The van der Waals surface area contributed by atoms with E-state index in [1.807, 2.05) is 31.2 Å². The molecule has 0 fully saturated rings. The van der Waals surface area contributed by atoms with Gasteiger partial charge in [0.05, 0.1) is 6.54 Å². The van der Waals surface area contributed by atoms with Crippen molar-refractivity contribution in [2.24, 2.45) is 0 Å². The van der Waals surface area contributed by atoms with Crippen LogP contribution in [0.25, 0.3) is 0 Å². The molecule has 8 heteroatoms. The Kier molecular flexibility index (Phi) is 4.13. The molecule has 2 aromatic heterocycles. The van der Waals surface area contributed by atoms with Crippen molar-refractivity contribution in [2.45, 2.75) is 20.0 Å². The van der Waals surface area contributed by atoms with Crippen molar-refractivity contribution < 1.29 is 9.32 Å². The van der Waals surface area contributed by atoms with Gasteiger partial charge in [0.15, 0.2) is 5.82 Å². The Morgan fingerprint density at radius 2 is 2.09 bits per heavy atom. The molecule has 23 heavy (non-hydrogen) atoms. The Bertz CT molecular complexity index is 795. The standard InChI is InChI=1S/C15H16N6O2/c1-11-8-13(18-23-11)9-21-17-14(16-19-21)10-20(2)15(22)12-6-4-3-5-7-12/h3-8H,9-10H2,1-2H3. The van der Waals surface area contributed by atoms with Crippen LogP contribution >= 0.6 is 0 Å². The minimum Gasteiger partial charge on any atom is -0.361 e. The van der Waals surface area contributed by atoms with Crippen LogP contribution in [0, 0.1) is 6.92 Å². The summed E-state index contributed by atoms with van der Waals surface area (Å²) in [7, 11) is 1.71. The number of benzene rings is 1. The molecule has 3 rings (SSSR count). The molecule has 1 aromatic carbocycles. The predicted molar refractivity (Wildman–Crippen MR) is 80.4 cm³/mol. The van der Waals surface area contributed by atoms with E-state index in [2.05, 4.69) is 20.6 Å². The van der Waals surface area contributed by atoms with E-state index in [0.29, 0.717) is 17.9 Å². The lowest BCUT2D eigenvalue weighted by Crippen LogP contribution is -2.26. The second kappa shape index (κ2) is 6.39. The molecule has 0 unspecified atom stereocenters. The molecule has 3 aromatic rings. The first-order valence-corrected chi connectivity index (χ1v) is 7.11. The summed E-state index contributed by atoms with van der Waals surface area (Å²) in [5.74, 6) is 1.11.